The van der Waals surface area contributed by atoms with Crippen LogP contribution in [0, 0.1) is 11.3 Å². The molecule has 1 fully saturated rings. The Hall–Kier alpha value is -0.730. The van der Waals surface area contributed by atoms with E-state index in [-0.39, 0.29) is 6.03 Å². The van der Waals surface area contributed by atoms with Crippen molar-refractivity contribution in [3.05, 3.63) is 0 Å². The molecule has 2 amide bonds. The third kappa shape index (κ3) is 1.54. The maximum Gasteiger partial charge on any atom is 0.314 e. The van der Waals surface area contributed by atoms with E-state index < -0.39 is 0 Å². The number of hydrogen-bond acceptors (Lipinski definition) is 1. The van der Waals surface area contributed by atoms with E-state index in [0.717, 1.165) is 6.42 Å². The molecule has 0 spiro atoms. The second kappa shape index (κ2) is 2.96. The number of hydrogen-bond donors (Lipinski definition) is 2. The quantitative estimate of drug-likeness (QED) is 0.645. The molecule has 1 rings (SSSR count). The highest BCUT2D eigenvalue weighted by Crippen LogP contribution is 2.51. The lowest BCUT2D eigenvalue weighted by atomic mass is 9.94. The third-order valence-corrected chi connectivity index (χ3v) is 3.13. The molecule has 1 aliphatic carbocycles. The van der Waals surface area contributed by atoms with Gasteiger partial charge in [0.1, 0.15) is 0 Å². The summed E-state index contributed by atoms with van der Waals surface area (Å²) >= 11 is 0. The van der Waals surface area contributed by atoms with Crippen LogP contribution in [-0.2, 0) is 0 Å². The fourth-order valence-electron chi connectivity index (χ4n) is 1.47. The lowest BCUT2D eigenvalue weighted by molar-refractivity contribution is 0.239. The van der Waals surface area contributed by atoms with Crippen molar-refractivity contribution in [2.45, 2.75) is 33.2 Å². The fourth-order valence-corrected chi connectivity index (χ4v) is 1.47. The van der Waals surface area contributed by atoms with Crippen LogP contribution in [0.5, 0.6) is 0 Å². The first-order chi connectivity index (χ1) is 5.50. The van der Waals surface area contributed by atoms with Crippen molar-refractivity contribution in [2.75, 3.05) is 7.05 Å². The number of carbonyl (C=O) groups is 1. The Morgan fingerprint density at radius 1 is 1.58 bits per heavy atom. The van der Waals surface area contributed by atoms with E-state index in [1.807, 2.05) is 0 Å². The molecule has 2 atom stereocenters. The first-order valence-electron chi connectivity index (χ1n) is 4.49. The molecule has 12 heavy (non-hydrogen) atoms. The first-order valence-corrected chi connectivity index (χ1v) is 4.49. The number of amides is 2. The summed E-state index contributed by atoms with van der Waals surface area (Å²) in [6.45, 7) is 6.62. The summed E-state index contributed by atoms with van der Waals surface area (Å²) in [5, 5.41) is 5.49. The van der Waals surface area contributed by atoms with Gasteiger partial charge in [-0.2, -0.15) is 0 Å². The van der Waals surface area contributed by atoms with Crippen LogP contribution < -0.4 is 10.6 Å². The second-order valence-electron chi connectivity index (χ2n) is 4.14. The average molecular weight is 170 g/mol. The predicted octanol–water partition coefficient (Wildman–Crippen LogP) is 1.35. The summed E-state index contributed by atoms with van der Waals surface area (Å²) in [5.41, 5.74) is 0.326. The van der Waals surface area contributed by atoms with Crippen molar-refractivity contribution in [2.24, 2.45) is 11.3 Å². The molecule has 0 heterocycles. The lowest BCUT2D eigenvalue weighted by Crippen LogP contribution is -2.37. The molecule has 1 saturated carbocycles. The summed E-state index contributed by atoms with van der Waals surface area (Å²) in [5.74, 6) is 0.639. The van der Waals surface area contributed by atoms with E-state index in [2.05, 4.69) is 31.4 Å². The summed E-state index contributed by atoms with van der Waals surface area (Å²) in [4.78, 5) is 11.0. The topological polar surface area (TPSA) is 41.1 Å². The van der Waals surface area contributed by atoms with Crippen LogP contribution in [0.4, 0.5) is 4.79 Å². The monoisotopic (exact) mass is 170 g/mol. The number of nitrogens with one attached hydrogen (secondary N) is 2. The lowest BCUT2D eigenvalue weighted by Gasteiger charge is -2.15. The molecule has 0 aromatic carbocycles. The van der Waals surface area contributed by atoms with Gasteiger partial charge in [-0.15, -0.1) is 0 Å². The van der Waals surface area contributed by atoms with Crippen LogP contribution in [0.3, 0.4) is 0 Å². The molecule has 1 aliphatic rings. The van der Waals surface area contributed by atoms with Crippen molar-refractivity contribution >= 4 is 6.03 Å². The van der Waals surface area contributed by atoms with Gasteiger partial charge in [-0.25, -0.2) is 4.79 Å². The van der Waals surface area contributed by atoms with Gasteiger partial charge in [-0.05, 0) is 17.8 Å². The molecule has 70 valence electrons. The normalized spacial score (nSPS) is 33.2. The van der Waals surface area contributed by atoms with E-state index in [1.54, 1.807) is 7.05 Å². The largest absolute Gasteiger partial charge is 0.341 e. The van der Waals surface area contributed by atoms with Gasteiger partial charge in [0.05, 0.1) is 0 Å². The van der Waals surface area contributed by atoms with Gasteiger partial charge in [0.15, 0.2) is 0 Å². The van der Waals surface area contributed by atoms with Gasteiger partial charge in [-0.1, -0.05) is 20.8 Å². The van der Waals surface area contributed by atoms with Crippen LogP contribution in [0.15, 0.2) is 0 Å². The van der Waals surface area contributed by atoms with Gasteiger partial charge in [0.2, 0.25) is 0 Å². The zero-order valence-corrected chi connectivity index (χ0v) is 8.27. The maximum atomic E-state index is 11.0. The van der Waals surface area contributed by atoms with Crippen LogP contribution in [0.2, 0.25) is 0 Å². The molecule has 0 aromatic heterocycles. The van der Waals surface area contributed by atoms with Gasteiger partial charge >= 0.3 is 6.03 Å². The molecule has 0 saturated heterocycles. The number of carbonyl (C=O) groups excluding carboxylic acids is 1. The Morgan fingerprint density at radius 3 is 2.50 bits per heavy atom. The molecule has 3 heteroatoms. The Bertz CT molecular complexity index is 191. The maximum absolute atomic E-state index is 11.0. The van der Waals surface area contributed by atoms with Crippen LogP contribution in [0.1, 0.15) is 27.2 Å². The molecule has 0 aliphatic heterocycles. The molecule has 2 unspecified atom stereocenters. The minimum Gasteiger partial charge on any atom is -0.341 e. The zero-order chi connectivity index (χ0) is 9.35. The standard InChI is InChI=1S/C9H18N2O/c1-6(2)9(3)5-7(9)11-8(12)10-4/h6-7H,5H2,1-4H3,(H2,10,11,12). The van der Waals surface area contributed by atoms with Gasteiger partial charge in [0, 0.05) is 13.1 Å². The molecular formula is C9H18N2O. The highest BCUT2D eigenvalue weighted by atomic mass is 16.2. The number of rotatable bonds is 2. The fraction of sp³-hybridized carbons (Fsp3) is 0.889. The van der Waals surface area contributed by atoms with Crippen molar-refractivity contribution in [1.29, 1.82) is 0 Å². The van der Waals surface area contributed by atoms with E-state index in [1.165, 1.54) is 0 Å². The predicted molar refractivity (Wildman–Crippen MR) is 48.9 cm³/mol. The second-order valence-corrected chi connectivity index (χ2v) is 4.14. The van der Waals surface area contributed by atoms with Crippen LogP contribution in [-0.4, -0.2) is 19.1 Å². The van der Waals surface area contributed by atoms with Gasteiger partial charge in [-0.3, -0.25) is 0 Å². The summed E-state index contributed by atoms with van der Waals surface area (Å²) in [6.07, 6.45) is 1.11. The zero-order valence-electron chi connectivity index (χ0n) is 8.27. The van der Waals surface area contributed by atoms with E-state index >= 15 is 0 Å². The smallest absolute Gasteiger partial charge is 0.314 e. The third-order valence-electron chi connectivity index (χ3n) is 3.13. The van der Waals surface area contributed by atoms with E-state index in [9.17, 15) is 4.79 Å². The van der Waals surface area contributed by atoms with Crippen molar-refractivity contribution in [3.63, 3.8) is 0 Å². The van der Waals surface area contributed by atoms with Crippen LogP contribution in [0.25, 0.3) is 0 Å². The van der Waals surface area contributed by atoms with Gasteiger partial charge < -0.3 is 10.6 Å². The minimum absolute atomic E-state index is 0.0654. The highest BCUT2D eigenvalue weighted by Gasteiger charge is 2.52. The summed E-state index contributed by atoms with van der Waals surface area (Å²) < 4.78 is 0. The summed E-state index contributed by atoms with van der Waals surface area (Å²) in [7, 11) is 1.64. The molecule has 0 radical (unpaired) electrons. The first kappa shape index (κ1) is 9.36. The van der Waals surface area contributed by atoms with Crippen molar-refractivity contribution in [3.8, 4) is 0 Å². The molecule has 3 nitrogen and oxygen atoms in total. The van der Waals surface area contributed by atoms with Crippen molar-refractivity contribution < 1.29 is 4.79 Å². The highest BCUT2D eigenvalue weighted by molar-refractivity contribution is 5.74. The van der Waals surface area contributed by atoms with Crippen LogP contribution >= 0.6 is 0 Å². The Balaban J connectivity index is 2.37. The molecular weight excluding hydrogens is 152 g/mol. The van der Waals surface area contributed by atoms with Gasteiger partial charge in [0.25, 0.3) is 0 Å². The van der Waals surface area contributed by atoms with E-state index in [4.69, 9.17) is 0 Å². The average Bonchev–Trinajstić information content (AvgIpc) is 2.63. The number of urea groups is 1. The molecule has 0 bridgehead atoms. The minimum atomic E-state index is -0.0654. The Morgan fingerprint density at radius 2 is 2.17 bits per heavy atom. The van der Waals surface area contributed by atoms with Crippen molar-refractivity contribution in [1.82, 2.24) is 10.6 Å². The Labute approximate surface area is 73.9 Å². The molecule has 0 aromatic rings. The Kier molecular flexibility index (Phi) is 2.31. The molecule has 2 N–H and O–H groups in total. The SMILES string of the molecule is CNC(=O)NC1CC1(C)C(C)C. The summed E-state index contributed by atoms with van der Waals surface area (Å²) in [6, 6.07) is 0.307. The van der Waals surface area contributed by atoms with E-state index in [0.29, 0.717) is 17.4 Å².